The molecule has 2 aromatic heterocycles. The van der Waals surface area contributed by atoms with Crippen LogP contribution >= 0.6 is 0 Å². The highest BCUT2D eigenvalue weighted by Gasteiger charge is 2.09. The number of amides is 1. The fourth-order valence-corrected chi connectivity index (χ4v) is 2.32. The predicted molar refractivity (Wildman–Crippen MR) is 91.1 cm³/mol. The van der Waals surface area contributed by atoms with Gasteiger partial charge in [-0.25, -0.2) is 9.97 Å². The molecule has 0 aliphatic heterocycles. The number of para-hydroxylation sites is 1. The van der Waals surface area contributed by atoms with Gasteiger partial charge in [0.1, 0.15) is 17.3 Å². The van der Waals surface area contributed by atoms with Gasteiger partial charge >= 0.3 is 0 Å². The van der Waals surface area contributed by atoms with E-state index in [1.807, 2.05) is 32.0 Å². The van der Waals surface area contributed by atoms with E-state index in [0.717, 1.165) is 16.8 Å². The highest BCUT2D eigenvalue weighted by Crippen LogP contribution is 2.22. The van der Waals surface area contributed by atoms with Crippen LogP contribution < -0.4 is 10.6 Å². The maximum Gasteiger partial charge on any atom is 0.271 e. The highest BCUT2D eigenvalue weighted by molar-refractivity contribution is 5.92. The Labute approximate surface area is 140 Å². The lowest BCUT2D eigenvalue weighted by Gasteiger charge is -2.11. The second-order valence-corrected chi connectivity index (χ2v) is 5.44. The minimum Gasteiger partial charge on any atom is -0.467 e. The van der Waals surface area contributed by atoms with Crippen LogP contribution in [0.25, 0.3) is 0 Å². The molecule has 2 heterocycles. The molecule has 24 heavy (non-hydrogen) atoms. The number of aromatic nitrogens is 2. The van der Waals surface area contributed by atoms with Crippen LogP contribution in [0.15, 0.2) is 53.4 Å². The minimum absolute atomic E-state index is 0.258. The van der Waals surface area contributed by atoms with Crippen molar-refractivity contribution in [3.05, 3.63) is 71.6 Å². The van der Waals surface area contributed by atoms with E-state index in [0.29, 0.717) is 18.1 Å². The Bertz CT molecular complexity index is 806. The number of anilines is 2. The average Bonchev–Trinajstić information content (AvgIpc) is 3.10. The van der Waals surface area contributed by atoms with Gasteiger partial charge in [-0.05, 0) is 37.1 Å². The molecule has 122 valence electrons. The third-order valence-corrected chi connectivity index (χ3v) is 3.62. The lowest BCUT2D eigenvalue weighted by Crippen LogP contribution is -2.23. The largest absolute Gasteiger partial charge is 0.467 e. The number of aryl methyl sites for hydroxylation is 2. The molecule has 0 aliphatic rings. The zero-order valence-corrected chi connectivity index (χ0v) is 13.5. The Morgan fingerprint density at radius 2 is 1.88 bits per heavy atom. The molecule has 0 saturated heterocycles. The van der Waals surface area contributed by atoms with Crippen LogP contribution in [0.2, 0.25) is 0 Å². The summed E-state index contributed by atoms with van der Waals surface area (Å²) in [7, 11) is 0. The molecule has 0 bridgehead atoms. The van der Waals surface area contributed by atoms with Crippen LogP contribution in [-0.4, -0.2) is 15.9 Å². The lowest BCUT2D eigenvalue weighted by atomic mass is 10.1. The van der Waals surface area contributed by atoms with Crippen molar-refractivity contribution >= 4 is 17.4 Å². The number of nitrogens with one attached hydrogen (secondary N) is 2. The fraction of sp³-hybridized carbons (Fsp3) is 0.167. The van der Waals surface area contributed by atoms with Crippen LogP contribution in [0.1, 0.15) is 27.4 Å². The summed E-state index contributed by atoms with van der Waals surface area (Å²) in [5.41, 5.74) is 3.50. The van der Waals surface area contributed by atoms with Gasteiger partial charge in [0.25, 0.3) is 5.91 Å². The van der Waals surface area contributed by atoms with Crippen LogP contribution in [0.4, 0.5) is 11.5 Å². The highest BCUT2D eigenvalue weighted by atomic mass is 16.3. The van der Waals surface area contributed by atoms with E-state index in [1.54, 1.807) is 24.6 Å². The Morgan fingerprint density at radius 1 is 1.08 bits per heavy atom. The number of furan rings is 1. The van der Waals surface area contributed by atoms with E-state index < -0.39 is 0 Å². The summed E-state index contributed by atoms with van der Waals surface area (Å²) in [5.74, 6) is 0.983. The summed E-state index contributed by atoms with van der Waals surface area (Å²) in [6, 6.07) is 9.63. The van der Waals surface area contributed by atoms with Gasteiger partial charge < -0.3 is 15.1 Å². The van der Waals surface area contributed by atoms with Crippen LogP contribution in [0.3, 0.4) is 0 Å². The number of rotatable bonds is 5. The minimum atomic E-state index is -0.294. The number of hydrogen-bond donors (Lipinski definition) is 2. The molecule has 6 nitrogen and oxygen atoms in total. The number of nitrogens with zero attached hydrogens (tertiary/aromatic N) is 2. The molecule has 0 radical (unpaired) electrons. The van der Waals surface area contributed by atoms with Crippen molar-refractivity contribution in [1.29, 1.82) is 0 Å². The van der Waals surface area contributed by atoms with Gasteiger partial charge in [-0.3, -0.25) is 4.79 Å². The number of benzene rings is 1. The van der Waals surface area contributed by atoms with E-state index in [4.69, 9.17) is 4.42 Å². The van der Waals surface area contributed by atoms with E-state index in [2.05, 4.69) is 20.6 Å². The predicted octanol–water partition coefficient (Wildman–Crippen LogP) is 3.36. The fourth-order valence-electron chi connectivity index (χ4n) is 2.32. The summed E-state index contributed by atoms with van der Waals surface area (Å²) in [4.78, 5) is 20.5. The van der Waals surface area contributed by atoms with Crippen molar-refractivity contribution in [1.82, 2.24) is 15.3 Å². The summed E-state index contributed by atoms with van der Waals surface area (Å²) < 4.78 is 5.17. The summed E-state index contributed by atoms with van der Waals surface area (Å²) >= 11 is 0. The van der Waals surface area contributed by atoms with Gasteiger partial charge in [0, 0.05) is 5.69 Å². The molecule has 0 fully saturated rings. The first-order valence-electron chi connectivity index (χ1n) is 7.59. The van der Waals surface area contributed by atoms with Crippen molar-refractivity contribution in [3.8, 4) is 0 Å². The van der Waals surface area contributed by atoms with E-state index in [9.17, 15) is 4.79 Å². The molecular formula is C18H18N4O2. The van der Waals surface area contributed by atoms with Gasteiger partial charge in [-0.1, -0.05) is 18.2 Å². The lowest BCUT2D eigenvalue weighted by molar-refractivity contribution is 0.0942. The van der Waals surface area contributed by atoms with E-state index in [-0.39, 0.29) is 11.6 Å². The van der Waals surface area contributed by atoms with Gasteiger partial charge in [-0.2, -0.15) is 0 Å². The number of hydrogen-bond acceptors (Lipinski definition) is 5. The standard InChI is InChI=1S/C18H18N4O2/c1-12-5-3-6-13(2)17(12)22-16-11-19-15(10-20-16)18(23)21-9-14-7-4-8-24-14/h3-8,10-11H,9H2,1-2H3,(H,20,22)(H,21,23). The van der Waals surface area contributed by atoms with E-state index in [1.165, 1.54) is 6.20 Å². The normalized spacial score (nSPS) is 10.4. The number of carbonyl (C=O) groups excluding carboxylic acids is 1. The molecule has 0 unspecified atom stereocenters. The Kier molecular flexibility index (Phi) is 4.56. The first kappa shape index (κ1) is 15.7. The molecule has 3 aromatic rings. The van der Waals surface area contributed by atoms with Gasteiger partial charge in [0.15, 0.2) is 0 Å². The Hall–Kier alpha value is -3.15. The monoisotopic (exact) mass is 322 g/mol. The smallest absolute Gasteiger partial charge is 0.271 e. The van der Waals surface area contributed by atoms with Crippen LogP contribution in [-0.2, 0) is 6.54 Å². The van der Waals surface area contributed by atoms with Crippen molar-refractivity contribution in [2.75, 3.05) is 5.32 Å². The van der Waals surface area contributed by atoms with Gasteiger partial charge in [-0.15, -0.1) is 0 Å². The Morgan fingerprint density at radius 3 is 2.50 bits per heavy atom. The summed E-state index contributed by atoms with van der Waals surface area (Å²) in [5, 5.41) is 5.97. The summed E-state index contributed by atoms with van der Waals surface area (Å²) in [6.07, 6.45) is 4.57. The first-order valence-corrected chi connectivity index (χ1v) is 7.59. The molecule has 1 amide bonds. The first-order chi connectivity index (χ1) is 11.6. The molecule has 3 rings (SSSR count). The van der Waals surface area contributed by atoms with Crippen molar-refractivity contribution < 1.29 is 9.21 Å². The summed E-state index contributed by atoms with van der Waals surface area (Å²) in [6.45, 7) is 4.37. The second kappa shape index (κ2) is 6.95. The molecular weight excluding hydrogens is 304 g/mol. The molecule has 0 saturated carbocycles. The van der Waals surface area contributed by atoms with Crippen molar-refractivity contribution in [2.45, 2.75) is 20.4 Å². The maximum atomic E-state index is 12.0. The third kappa shape index (κ3) is 3.60. The molecule has 1 aromatic carbocycles. The average molecular weight is 322 g/mol. The molecule has 0 aliphatic carbocycles. The Balaban J connectivity index is 1.65. The van der Waals surface area contributed by atoms with Crippen LogP contribution in [0, 0.1) is 13.8 Å². The second-order valence-electron chi connectivity index (χ2n) is 5.44. The zero-order valence-electron chi connectivity index (χ0n) is 13.5. The molecule has 6 heteroatoms. The third-order valence-electron chi connectivity index (χ3n) is 3.62. The van der Waals surface area contributed by atoms with Crippen molar-refractivity contribution in [3.63, 3.8) is 0 Å². The van der Waals surface area contributed by atoms with Gasteiger partial charge in [0.2, 0.25) is 0 Å². The quantitative estimate of drug-likeness (QED) is 0.753. The maximum absolute atomic E-state index is 12.0. The molecule has 2 N–H and O–H groups in total. The molecule has 0 spiro atoms. The zero-order chi connectivity index (χ0) is 16.9. The van der Waals surface area contributed by atoms with Gasteiger partial charge in [0.05, 0.1) is 25.2 Å². The van der Waals surface area contributed by atoms with E-state index >= 15 is 0 Å². The molecule has 0 atom stereocenters. The van der Waals surface area contributed by atoms with Crippen LogP contribution in [0.5, 0.6) is 0 Å². The number of carbonyl (C=O) groups is 1. The SMILES string of the molecule is Cc1cccc(C)c1Nc1cnc(C(=O)NCc2ccco2)cn1. The topological polar surface area (TPSA) is 80.0 Å². The van der Waals surface area contributed by atoms with Crippen molar-refractivity contribution in [2.24, 2.45) is 0 Å².